The molecule has 0 bridgehead atoms. The predicted molar refractivity (Wildman–Crippen MR) is 227 cm³/mol. The number of anilines is 2. The molecule has 0 aliphatic carbocycles. The zero-order valence-electron chi connectivity index (χ0n) is 32.1. The minimum absolute atomic E-state index is 0.356. The van der Waals surface area contributed by atoms with E-state index in [1.807, 2.05) is 96.4 Å². The number of benzene rings is 2. The Bertz CT molecular complexity index is 2630. The lowest BCUT2D eigenvalue weighted by atomic mass is 9.79. The average Bonchev–Trinajstić information content (AvgIpc) is 3.84. The van der Waals surface area contributed by atoms with Gasteiger partial charge in [0.15, 0.2) is 11.6 Å². The molecule has 0 saturated carbocycles. The van der Waals surface area contributed by atoms with E-state index in [4.69, 9.17) is 20.8 Å². The second-order valence-corrected chi connectivity index (χ2v) is 15.4. The van der Waals surface area contributed by atoms with Crippen LogP contribution < -0.4 is 16.9 Å². The highest BCUT2D eigenvalue weighted by molar-refractivity contribution is 9.10. The first-order valence-corrected chi connectivity index (χ1v) is 18.8. The highest BCUT2D eigenvalue weighted by atomic mass is 79.9. The predicted octanol–water partition coefficient (Wildman–Crippen LogP) is 7.83. The van der Waals surface area contributed by atoms with Crippen LogP contribution in [0.4, 0.5) is 11.4 Å². The second-order valence-electron chi connectivity index (χ2n) is 14.5. The molecule has 0 spiro atoms. The van der Waals surface area contributed by atoms with Crippen LogP contribution in [-0.4, -0.2) is 57.8 Å². The summed E-state index contributed by atoms with van der Waals surface area (Å²) in [6.45, 7) is 12.2. The van der Waals surface area contributed by atoms with Gasteiger partial charge in [-0.25, -0.2) is 19.3 Å². The maximum Gasteiger partial charge on any atom is 0.494 e. The first-order valence-electron chi connectivity index (χ1n) is 18.0. The number of hydrogen-bond acceptors (Lipinski definition) is 10. The van der Waals surface area contributed by atoms with Gasteiger partial charge in [-0.15, -0.1) is 0 Å². The summed E-state index contributed by atoms with van der Waals surface area (Å²) in [7, 11) is -0.386. The van der Waals surface area contributed by atoms with E-state index in [1.54, 1.807) is 24.7 Å². The van der Waals surface area contributed by atoms with Gasteiger partial charge in [0.25, 0.3) is 0 Å². The molecule has 1 saturated heterocycles. The van der Waals surface area contributed by atoms with Gasteiger partial charge in [0.05, 0.1) is 46.0 Å². The molecule has 12 nitrogen and oxygen atoms in total. The zero-order valence-corrected chi connectivity index (χ0v) is 33.6. The molecule has 6 aromatic heterocycles. The van der Waals surface area contributed by atoms with Gasteiger partial charge < -0.3 is 20.8 Å². The van der Waals surface area contributed by atoms with E-state index in [0.717, 1.165) is 65.9 Å². The first-order chi connectivity index (χ1) is 26.8. The van der Waals surface area contributed by atoms with Crippen LogP contribution in [0.1, 0.15) is 39.1 Å². The Balaban J connectivity index is 0.000000144. The molecule has 0 atom stereocenters. The van der Waals surface area contributed by atoms with Crippen molar-refractivity contribution in [3.63, 3.8) is 0 Å². The molecule has 1 aliphatic heterocycles. The molecule has 1 fully saturated rings. The van der Waals surface area contributed by atoms with Crippen LogP contribution in [-0.2, 0) is 9.31 Å². The third kappa shape index (κ3) is 8.32. The van der Waals surface area contributed by atoms with Crippen molar-refractivity contribution in [1.29, 1.82) is 0 Å². The van der Waals surface area contributed by atoms with Crippen LogP contribution >= 0.6 is 15.9 Å². The number of nitrogens with two attached hydrogens (primary N) is 2. The number of aromatic nitrogens is 8. The summed E-state index contributed by atoms with van der Waals surface area (Å²) in [6.07, 6.45) is 10.4. The molecule has 4 N–H and O–H groups in total. The Morgan fingerprint density at radius 3 is 1.64 bits per heavy atom. The van der Waals surface area contributed by atoms with Crippen molar-refractivity contribution >= 4 is 61.7 Å². The molecule has 8 aromatic rings. The first kappa shape index (κ1) is 38.3. The van der Waals surface area contributed by atoms with Gasteiger partial charge in [-0.1, -0.05) is 36.4 Å². The fourth-order valence-corrected chi connectivity index (χ4v) is 6.44. The van der Waals surface area contributed by atoms with Crippen molar-refractivity contribution < 1.29 is 9.31 Å². The Labute approximate surface area is 334 Å². The summed E-state index contributed by atoms with van der Waals surface area (Å²) in [5.41, 5.74) is 18.8. The molecule has 0 radical (unpaired) electrons. The van der Waals surface area contributed by atoms with Gasteiger partial charge in [-0.2, -0.15) is 10.2 Å². The highest BCUT2D eigenvalue weighted by Gasteiger charge is 2.51. The highest BCUT2D eigenvalue weighted by Crippen LogP contribution is 2.36. The minimum Gasteiger partial charge on any atom is -0.399 e. The van der Waals surface area contributed by atoms with E-state index < -0.39 is 0 Å². The molecular weight excluding hydrogens is 767 g/mol. The van der Waals surface area contributed by atoms with Crippen LogP contribution in [0.15, 0.2) is 127 Å². The van der Waals surface area contributed by atoms with Crippen molar-refractivity contribution in [2.75, 3.05) is 11.5 Å². The lowest BCUT2D eigenvalue weighted by Gasteiger charge is -2.32. The van der Waals surface area contributed by atoms with Gasteiger partial charge >= 0.3 is 7.12 Å². The van der Waals surface area contributed by atoms with Crippen LogP contribution in [0.3, 0.4) is 0 Å². The Morgan fingerprint density at radius 2 is 1.12 bits per heavy atom. The number of rotatable bonds is 4. The van der Waals surface area contributed by atoms with Gasteiger partial charge in [0.1, 0.15) is 0 Å². The summed E-state index contributed by atoms with van der Waals surface area (Å²) in [4.78, 5) is 17.1. The summed E-state index contributed by atoms with van der Waals surface area (Å²) in [6, 6.07) is 27.9. The number of halogens is 1. The molecule has 0 amide bonds. The van der Waals surface area contributed by atoms with E-state index in [9.17, 15) is 0 Å². The van der Waals surface area contributed by atoms with Gasteiger partial charge in [0.2, 0.25) is 0 Å². The van der Waals surface area contributed by atoms with Crippen LogP contribution in [0.2, 0.25) is 0 Å². The normalized spacial score (nSPS) is 14.2. The Kier molecular flexibility index (Phi) is 10.7. The Morgan fingerprint density at radius 1 is 0.589 bits per heavy atom. The molecule has 9 rings (SSSR count). The third-order valence-electron chi connectivity index (χ3n) is 9.69. The van der Waals surface area contributed by atoms with E-state index in [1.165, 1.54) is 0 Å². The van der Waals surface area contributed by atoms with Gasteiger partial charge in [-0.3, -0.25) is 9.97 Å². The summed E-state index contributed by atoms with van der Waals surface area (Å²) in [5, 5.41) is 11.1. The van der Waals surface area contributed by atoms with E-state index in [0.29, 0.717) is 11.4 Å². The number of hydrogen-bond donors (Lipinski definition) is 2. The molecule has 282 valence electrons. The molecule has 1 aliphatic rings. The SMILES string of the molecule is Cc1cccc(-n2ncc3ccc(-c4cncc(N)c4)cc32)n1.Cc1cccc(-n2ncc3ccc(B4OC(C)(C)C(C)(C)O4)cc32)n1.Nc1cncc(Br)c1. The number of pyridine rings is 4. The van der Waals surface area contributed by atoms with Crippen LogP contribution in [0, 0.1) is 13.8 Å². The summed E-state index contributed by atoms with van der Waals surface area (Å²) < 4.78 is 17.0. The minimum atomic E-state index is -0.386. The quantitative estimate of drug-likeness (QED) is 0.168. The van der Waals surface area contributed by atoms with Crippen molar-refractivity contribution in [3.05, 3.63) is 138 Å². The molecule has 7 heterocycles. The van der Waals surface area contributed by atoms with E-state index >= 15 is 0 Å². The molecule has 56 heavy (non-hydrogen) atoms. The molecule has 0 unspecified atom stereocenters. The van der Waals surface area contributed by atoms with Crippen LogP contribution in [0.25, 0.3) is 44.6 Å². The average molecular weight is 810 g/mol. The smallest absolute Gasteiger partial charge is 0.399 e. The topological polar surface area (TPSA) is 158 Å². The lowest BCUT2D eigenvalue weighted by Crippen LogP contribution is -2.41. The van der Waals surface area contributed by atoms with E-state index in [2.05, 4.69) is 98.0 Å². The summed E-state index contributed by atoms with van der Waals surface area (Å²) >= 11 is 3.22. The number of fused-ring (bicyclic) bond motifs is 2. The largest absolute Gasteiger partial charge is 0.494 e. The van der Waals surface area contributed by atoms with Gasteiger partial charge in [0, 0.05) is 57.0 Å². The molecule has 14 heteroatoms. The Hall–Kier alpha value is -5.96. The number of aryl methyl sites for hydroxylation is 2. The van der Waals surface area contributed by atoms with Crippen molar-refractivity contribution in [2.45, 2.75) is 52.7 Å². The molecule has 2 aromatic carbocycles. The van der Waals surface area contributed by atoms with Gasteiger partial charge in [-0.05, 0) is 117 Å². The maximum atomic E-state index is 6.17. The maximum absolute atomic E-state index is 6.17. The zero-order chi connectivity index (χ0) is 39.6. The fraction of sp³-hybridized carbons (Fsp3) is 0.190. The van der Waals surface area contributed by atoms with Crippen molar-refractivity contribution in [2.24, 2.45) is 0 Å². The lowest BCUT2D eigenvalue weighted by molar-refractivity contribution is 0.00578. The van der Waals surface area contributed by atoms with Crippen molar-refractivity contribution in [1.82, 2.24) is 39.5 Å². The third-order valence-corrected chi connectivity index (χ3v) is 10.1. The number of nitrogens with zero attached hydrogens (tertiary/aromatic N) is 8. The molecular formula is C42H42BBrN10O2. The summed E-state index contributed by atoms with van der Waals surface area (Å²) in [5.74, 6) is 1.61. The van der Waals surface area contributed by atoms with E-state index in [-0.39, 0.29) is 18.3 Å². The standard InChI is InChI=1S/C19H22BN3O2.C18H15N5.C5H5BrN2/c1-13-7-6-8-17(22-13)23-16-11-15(10-9-14(16)12-21-23)20-24-18(2,3)19(4,5)25-20;1-12-3-2-4-18(22-12)23-17-8-13(5-6-14(17)10-21-23)15-7-16(19)11-20-9-15;6-4-1-5(7)3-8-2-4/h6-12H,1-5H3;2-11H,19H2,1H3;1-3H,7H2. The number of nitrogen functional groups attached to an aromatic ring is 2. The van der Waals surface area contributed by atoms with Crippen molar-refractivity contribution in [3.8, 4) is 22.8 Å². The second kappa shape index (κ2) is 15.7. The van der Waals surface area contributed by atoms with Crippen LogP contribution in [0.5, 0.6) is 0 Å². The fourth-order valence-electron chi connectivity index (χ4n) is 6.06. The monoisotopic (exact) mass is 808 g/mol.